The Hall–Kier alpha value is -3.46. The van der Waals surface area contributed by atoms with Crippen LogP contribution in [0.15, 0.2) is 115 Å². The number of alkyl halides is 3. The molecule has 0 bridgehead atoms. The van der Waals surface area contributed by atoms with E-state index in [0.29, 0.717) is 6.54 Å². The average molecular weight is 732 g/mol. The lowest BCUT2D eigenvalue weighted by Crippen LogP contribution is -2.44. The minimum atomic E-state index is -2.02. The predicted molar refractivity (Wildman–Crippen MR) is 202 cm³/mol. The van der Waals surface area contributed by atoms with Crippen LogP contribution in [0, 0.1) is 5.92 Å². The number of rotatable bonds is 10. The number of ether oxygens (including phenoxy) is 2. The van der Waals surface area contributed by atoms with Gasteiger partial charge in [0, 0.05) is 30.6 Å². The molecular weight excluding hydrogens is 691 g/mol. The number of hydrogen-bond acceptors (Lipinski definition) is 5. The van der Waals surface area contributed by atoms with E-state index in [2.05, 4.69) is 79.6 Å². The number of aliphatic hydroxyl groups excluding tert-OH is 1. The summed E-state index contributed by atoms with van der Waals surface area (Å²) in [5.74, 6) is -0.636. The van der Waals surface area contributed by atoms with Gasteiger partial charge in [-0.3, -0.25) is 9.69 Å². The highest BCUT2D eigenvalue weighted by Crippen LogP contribution is 2.43. The average Bonchev–Trinajstić information content (AvgIpc) is 3.14. The summed E-state index contributed by atoms with van der Waals surface area (Å²) in [5, 5.41) is 14.8. The third-order valence-corrected chi connectivity index (χ3v) is 10.2. The summed E-state index contributed by atoms with van der Waals surface area (Å²) in [6.45, 7) is 5.32. The highest BCUT2D eigenvalue weighted by Gasteiger charge is 2.39. The molecule has 9 heteroatoms. The Bertz CT molecular complexity index is 1930. The Kier molecular flexibility index (Phi) is 11.5. The molecule has 260 valence electrons. The number of fused-ring (bicyclic) bond motifs is 1. The van der Waals surface area contributed by atoms with Crippen LogP contribution in [0.5, 0.6) is 0 Å². The number of halogens is 3. The molecule has 1 aliphatic heterocycles. The third kappa shape index (κ3) is 8.52. The summed E-state index contributed by atoms with van der Waals surface area (Å²) >= 11 is 17.2. The van der Waals surface area contributed by atoms with Gasteiger partial charge in [0.15, 0.2) is 6.29 Å². The van der Waals surface area contributed by atoms with Gasteiger partial charge in [-0.15, -0.1) is 0 Å². The van der Waals surface area contributed by atoms with Gasteiger partial charge in [-0.05, 0) is 76.3 Å². The Morgan fingerprint density at radius 2 is 1.52 bits per heavy atom. The van der Waals surface area contributed by atoms with Crippen molar-refractivity contribution < 1.29 is 19.4 Å². The van der Waals surface area contributed by atoms with E-state index in [1.54, 1.807) is 0 Å². The minimum Gasteiger partial charge on any atom is -0.392 e. The quantitative estimate of drug-likeness (QED) is 0.140. The van der Waals surface area contributed by atoms with Gasteiger partial charge in [0.25, 0.3) is 9.70 Å². The van der Waals surface area contributed by atoms with E-state index in [0.717, 1.165) is 33.4 Å². The zero-order valence-electron chi connectivity index (χ0n) is 28.2. The van der Waals surface area contributed by atoms with Crippen molar-refractivity contribution in [2.24, 2.45) is 5.92 Å². The summed E-state index contributed by atoms with van der Waals surface area (Å²) in [6.07, 6.45) is -0.989. The van der Waals surface area contributed by atoms with Crippen LogP contribution in [0.1, 0.15) is 60.1 Å². The predicted octanol–water partition coefficient (Wildman–Crippen LogP) is 9.47. The van der Waals surface area contributed by atoms with Crippen molar-refractivity contribution in [3.8, 4) is 11.1 Å². The maximum atomic E-state index is 12.1. The maximum Gasteiger partial charge on any atom is 0.272 e. The molecule has 1 heterocycles. The molecule has 1 fully saturated rings. The molecule has 1 amide bonds. The molecule has 5 atom stereocenters. The fraction of sp³-hybridized carbons (Fsp3) is 0.293. The van der Waals surface area contributed by atoms with E-state index in [-0.39, 0.29) is 37.3 Å². The number of hydrogen-bond donors (Lipinski definition) is 2. The molecule has 0 unspecified atom stereocenters. The molecule has 6 nitrogen and oxygen atoms in total. The smallest absolute Gasteiger partial charge is 0.272 e. The molecule has 1 aliphatic rings. The van der Waals surface area contributed by atoms with Gasteiger partial charge in [0.2, 0.25) is 0 Å². The number of amides is 1. The van der Waals surface area contributed by atoms with Crippen LogP contribution < -0.4 is 5.32 Å². The normalized spacial score (nSPS) is 20.2. The van der Waals surface area contributed by atoms with E-state index in [9.17, 15) is 9.90 Å². The van der Waals surface area contributed by atoms with Crippen LogP contribution in [-0.4, -0.2) is 39.4 Å². The van der Waals surface area contributed by atoms with Crippen LogP contribution in [0.2, 0.25) is 0 Å². The fourth-order valence-electron chi connectivity index (χ4n) is 6.50. The second-order valence-electron chi connectivity index (χ2n) is 13.1. The third-order valence-electron chi connectivity index (χ3n) is 9.64. The lowest BCUT2D eigenvalue weighted by Gasteiger charge is -2.43. The maximum absolute atomic E-state index is 12.1. The van der Waals surface area contributed by atoms with Gasteiger partial charge < -0.3 is 19.9 Å². The Balaban J connectivity index is 1.25. The van der Waals surface area contributed by atoms with Gasteiger partial charge in [-0.25, -0.2) is 0 Å². The van der Waals surface area contributed by atoms with Crippen molar-refractivity contribution in [3.63, 3.8) is 0 Å². The summed E-state index contributed by atoms with van der Waals surface area (Å²) < 4.78 is 11.6. The van der Waals surface area contributed by atoms with Crippen LogP contribution >= 0.6 is 34.8 Å². The number of likely N-dealkylation sites (N-methyl/N-ethyl adjacent to an activating group) is 1. The Morgan fingerprint density at radius 1 is 0.820 bits per heavy atom. The standard InChI is InChI=1S/C41H41Cl3N2O4/c1-26-37(24-46(3)27(2)32-19-18-30-9-4-5-10-34(30)21-32)49-39(50-38(26)31-16-14-28(25-47)15-17-31)36-13-7-12-35(22-36)33-11-6-8-29(20-33)23-45-40(48)41(42,43)44/h4-22,26-27,37-39,47H,23-25H2,1-3H3,(H,45,48)/t26-,27+,37+,38+,39+/m0/s1. The lowest BCUT2D eigenvalue weighted by molar-refractivity contribution is -0.276. The number of benzene rings is 5. The highest BCUT2D eigenvalue weighted by molar-refractivity contribution is 6.76. The van der Waals surface area contributed by atoms with Crippen molar-refractivity contribution in [3.05, 3.63) is 143 Å². The molecule has 2 N–H and O–H groups in total. The molecule has 0 aliphatic carbocycles. The fourth-order valence-corrected chi connectivity index (χ4v) is 6.70. The van der Waals surface area contributed by atoms with E-state index < -0.39 is 16.0 Å². The molecular formula is C41H41Cl3N2O4. The molecule has 50 heavy (non-hydrogen) atoms. The summed E-state index contributed by atoms with van der Waals surface area (Å²) in [6, 6.07) is 39.2. The van der Waals surface area contributed by atoms with Crippen LogP contribution in [0.4, 0.5) is 0 Å². The summed E-state index contributed by atoms with van der Waals surface area (Å²) in [7, 11) is 2.15. The second-order valence-corrected chi connectivity index (χ2v) is 15.3. The molecule has 6 rings (SSSR count). The first-order chi connectivity index (χ1) is 24.0. The van der Waals surface area contributed by atoms with Crippen LogP contribution in [0.3, 0.4) is 0 Å². The first-order valence-electron chi connectivity index (χ1n) is 16.7. The van der Waals surface area contributed by atoms with Crippen molar-refractivity contribution in [1.82, 2.24) is 10.2 Å². The van der Waals surface area contributed by atoms with Gasteiger partial charge in [0.05, 0.1) is 18.8 Å². The van der Waals surface area contributed by atoms with Gasteiger partial charge in [-0.2, -0.15) is 0 Å². The van der Waals surface area contributed by atoms with E-state index in [1.165, 1.54) is 16.3 Å². The number of carbonyl (C=O) groups excluding carboxylic acids is 1. The molecule has 0 aromatic heterocycles. The van der Waals surface area contributed by atoms with E-state index in [1.807, 2.05) is 66.7 Å². The molecule has 0 saturated carbocycles. The van der Waals surface area contributed by atoms with Crippen molar-refractivity contribution in [2.75, 3.05) is 13.6 Å². The zero-order chi connectivity index (χ0) is 35.4. The number of carbonyl (C=O) groups is 1. The Labute approximate surface area is 308 Å². The lowest BCUT2D eigenvalue weighted by atomic mass is 9.89. The van der Waals surface area contributed by atoms with Crippen LogP contribution in [-0.2, 0) is 27.4 Å². The zero-order valence-corrected chi connectivity index (χ0v) is 30.5. The summed E-state index contributed by atoms with van der Waals surface area (Å²) in [5.41, 5.74) is 6.85. The largest absolute Gasteiger partial charge is 0.392 e. The van der Waals surface area contributed by atoms with E-state index >= 15 is 0 Å². The topological polar surface area (TPSA) is 71.0 Å². The van der Waals surface area contributed by atoms with Crippen molar-refractivity contribution >= 4 is 51.5 Å². The first-order valence-corrected chi connectivity index (χ1v) is 17.9. The van der Waals surface area contributed by atoms with Crippen molar-refractivity contribution in [2.45, 2.75) is 55.3 Å². The SMILES string of the molecule is C[C@H]1[C@@H](CN(C)[C@H](C)c2ccc3ccccc3c2)O[C@@H](c2cccc(-c3cccc(CNC(=O)C(Cl)(Cl)Cl)c3)c2)O[C@H]1c1ccc(CO)cc1. The number of aliphatic hydroxyl groups is 1. The molecule has 1 saturated heterocycles. The molecule has 0 spiro atoms. The van der Waals surface area contributed by atoms with Gasteiger partial charge in [-0.1, -0.05) is 139 Å². The minimum absolute atomic E-state index is 0.0135. The molecule has 5 aromatic carbocycles. The first kappa shape index (κ1) is 36.3. The highest BCUT2D eigenvalue weighted by atomic mass is 35.6. The number of nitrogens with one attached hydrogen (secondary N) is 1. The van der Waals surface area contributed by atoms with Gasteiger partial charge >= 0.3 is 0 Å². The van der Waals surface area contributed by atoms with Crippen LogP contribution in [0.25, 0.3) is 21.9 Å². The molecule has 5 aromatic rings. The number of nitrogens with zero attached hydrogens (tertiary/aromatic N) is 1. The Morgan fingerprint density at radius 3 is 2.24 bits per heavy atom. The monoisotopic (exact) mass is 730 g/mol. The molecule has 0 radical (unpaired) electrons. The second kappa shape index (κ2) is 15.8. The van der Waals surface area contributed by atoms with Crippen molar-refractivity contribution in [1.29, 1.82) is 0 Å². The van der Waals surface area contributed by atoms with E-state index in [4.69, 9.17) is 44.3 Å². The summed E-state index contributed by atoms with van der Waals surface area (Å²) in [4.78, 5) is 14.4. The van der Waals surface area contributed by atoms with Gasteiger partial charge in [0.1, 0.15) is 0 Å².